The van der Waals surface area contributed by atoms with Crippen molar-refractivity contribution in [2.75, 3.05) is 13.1 Å². The minimum Gasteiger partial charge on any atom is -0.472 e. The highest BCUT2D eigenvalue weighted by Gasteiger charge is 2.34. The van der Waals surface area contributed by atoms with Crippen molar-refractivity contribution in [2.24, 2.45) is 0 Å². The highest BCUT2D eigenvalue weighted by atomic mass is 32.2. The topological polar surface area (TPSA) is 116 Å². The van der Waals surface area contributed by atoms with E-state index in [1.165, 1.54) is 22.5 Å². The molecule has 1 aromatic carbocycles. The molecule has 0 amide bonds. The molecule has 3 rings (SSSR count). The fourth-order valence-electron chi connectivity index (χ4n) is 2.54. The Balaban J connectivity index is 1.73. The molecule has 1 aromatic heterocycles. The van der Waals surface area contributed by atoms with Crippen LogP contribution >= 0.6 is 0 Å². The second kappa shape index (κ2) is 6.73. The maximum Gasteiger partial charge on any atom is 0.270 e. The average molecular weight is 364 g/mol. The van der Waals surface area contributed by atoms with Crippen LogP contribution in [-0.4, -0.2) is 47.0 Å². The predicted octanol–water partition coefficient (Wildman–Crippen LogP) is 1.54. The summed E-state index contributed by atoms with van der Waals surface area (Å²) in [4.78, 5) is 10.1. The predicted molar refractivity (Wildman–Crippen MR) is 87.7 cm³/mol. The molecule has 1 atom stereocenters. The van der Waals surface area contributed by atoms with Gasteiger partial charge in [0.05, 0.1) is 22.1 Å². The highest BCUT2D eigenvalue weighted by molar-refractivity contribution is 7.89. The molecule has 1 aliphatic heterocycles. The summed E-state index contributed by atoms with van der Waals surface area (Å²) in [5.41, 5.74) is 0.497. The average Bonchev–Trinajstić information content (AvgIpc) is 3.06. The number of nitro benzene ring substituents is 1. The number of nitrogens with zero attached hydrogens (tertiary/aromatic N) is 4. The quantitative estimate of drug-likeness (QED) is 0.583. The Morgan fingerprint density at radius 1 is 1.28 bits per heavy atom. The Labute approximate surface area is 144 Å². The van der Waals surface area contributed by atoms with Crippen molar-refractivity contribution in [2.45, 2.75) is 24.3 Å². The number of ether oxygens (including phenoxy) is 1. The third-order valence-corrected chi connectivity index (χ3v) is 5.70. The van der Waals surface area contributed by atoms with E-state index in [1.807, 2.05) is 0 Å². The molecule has 132 valence electrons. The van der Waals surface area contributed by atoms with Crippen LogP contribution in [0.1, 0.15) is 12.1 Å². The first-order valence-electron chi connectivity index (χ1n) is 7.58. The number of nitro groups is 1. The number of rotatable bonds is 5. The largest absolute Gasteiger partial charge is 0.472 e. The Morgan fingerprint density at radius 2 is 2.08 bits per heavy atom. The van der Waals surface area contributed by atoms with E-state index in [9.17, 15) is 18.5 Å². The zero-order valence-electron chi connectivity index (χ0n) is 13.4. The molecule has 1 unspecified atom stereocenters. The number of non-ortho nitro benzene ring substituents is 1. The van der Waals surface area contributed by atoms with E-state index in [1.54, 1.807) is 19.1 Å². The second-order valence-electron chi connectivity index (χ2n) is 5.66. The summed E-state index contributed by atoms with van der Waals surface area (Å²) in [6.45, 7) is 2.23. The minimum absolute atomic E-state index is 0.0996. The summed E-state index contributed by atoms with van der Waals surface area (Å²) in [5.74, 6) is 0.338. The number of benzene rings is 1. The van der Waals surface area contributed by atoms with E-state index in [4.69, 9.17) is 4.74 Å². The molecule has 0 bridgehead atoms. The highest BCUT2D eigenvalue weighted by Crippen LogP contribution is 2.25. The maximum atomic E-state index is 12.7. The van der Waals surface area contributed by atoms with Crippen molar-refractivity contribution in [1.82, 2.24) is 14.5 Å². The zero-order valence-corrected chi connectivity index (χ0v) is 14.2. The summed E-state index contributed by atoms with van der Waals surface area (Å²) in [7, 11) is -3.81. The van der Waals surface area contributed by atoms with Gasteiger partial charge in [-0.05, 0) is 25.5 Å². The zero-order chi connectivity index (χ0) is 18.0. The molecule has 1 fully saturated rings. The number of hydrogen-bond donors (Lipinski definition) is 0. The molecule has 9 nitrogen and oxygen atoms in total. The molecule has 2 heterocycles. The summed E-state index contributed by atoms with van der Waals surface area (Å²) in [6, 6.07) is 8.47. The van der Waals surface area contributed by atoms with E-state index in [0.29, 0.717) is 12.3 Å². The van der Waals surface area contributed by atoms with Crippen LogP contribution < -0.4 is 4.74 Å². The van der Waals surface area contributed by atoms with Crippen molar-refractivity contribution in [3.05, 3.63) is 52.2 Å². The third kappa shape index (κ3) is 3.74. The van der Waals surface area contributed by atoms with Gasteiger partial charge in [0.15, 0.2) is 0 Å². The van der Waals surface area contributed by atoms with Crippen LogP contribution in [0.4, 0.5) is 5.69 Å². The maximum absolute atomic E-state index is 12.7. The van der Waals surface area contributed by atoms with Gasteiger partial charge < -0.3 is 4.74 Å². The van der Waals surface area contributed by atoms with Crippen LogP contribution in [0.2, 0.25) is 0 Å². The lowest BCUT2D eigenvalue weighted by molar-refractivity contribution is -0.385. The fraction of sp³-hybridized carbons (Fsp3) is 0.333. The van der Waals surface area contributed by atoms with Crippen LogP contribution in [0.15, 0.2) is 41.3 Å². The van der Waals surface area contributed by atoms with Gasteiger partial charge >= 0.3 is 0 Å². The van der Waals surface area contributed by atoms with Crippen molar-refractivity contribution < 1.29 is 18.1 Å². The van der Waals surface area contributed by atoms with E-state index < -0.39 is 14.9 Å². The normalized spacial score (nSPS) is 18.2. The monoisotopic (exact) mass is 364 g/mol. The smallest absolute Gasteiger partial charge is 0.270 e. The SMILES string of the molecule is Cc1ccc(OC2CCN(S(=O)(=O)c3cccc([N+](=O)[O-])c3)C2)nn1. The van der Waals surface area contributed by atoms with Crippen molar-refractivity contribution in [3.63, 3.8) is 0 Å². The van der Waals surface area contributed by atoms with Crippen LogP contribution in [-0.2, 0) is 10.0 Å². The molecular weight excluding hydrogens is 348 g/mol. The molecule has 0 radical (unpaired) electrons. The van der Waals surface area contributed by atoms with Gasteiger partial charge in [0, 0.05) is 24.7 Å². The molecule has 1 saturated heterocycles. The van der Waals surface area contributed by atoms with E-state index in [-0.39, 0.29) is 29.8 Å². The molecule has 2 aromatic rings. The molecule has 0 spiro atoms. The molecule has 25 heavy (non-hydrogen) atoms. The van der Waals surface area contributed by atoms with Gasteiger partial charge in [0.2, 0.25) is 15.9 Å². The van der Waals surface area contributed by atoms with Crippen molar-refractivity contribution in [1.29, 1.82) is 0 Å². The lowest BCUT2D eigenvalue weighted by Crippen LogP contribution is -2.31. The van der Waals surface area contributed by atoms with Crippen LogP contribution in [0.3, 0.4) is 0 Å². The summed E-state index contributed by atoms with van der Waals surface area (Å²) in [6.07, 6.45) is 0.162. The Bertz CT molecular complexity index is 885. The first-order chi connectivity index (χ1) is 11.9. The van der Waals surface area contributed by atoms with Crippen molar-refractivity contribution in [3.8, 4) is 5.88 Å². The number of aromatic nitrogens is 2. The van der Waals surface area contributed by atoms with Gasteiger partial charge in [-0.25, -0.2) is 8.42 Å². The summed E-state index contributed by atoms with van der Waals surface area (Å²) >= 11 is 0. The molecule has 0 N–H and O–H groups in total. The van der Waals surface area contributed by atoms with Crippen LogP contribution in [0, 0.1) is 17.0 Å². The fourth-order valence-corrected chi connectivity index (χ4v) is 4.07. The van der Waals surface area contributed by atoms with Gasteiger partial charge in [0.1, 0.15) is 6.10 Å². The minimum atomic E-state index is -3.81. The Hall–Kier alpha value is -2.59. The summed E-state index contributed by atoms with van der Waals surface area (Å²) < 4.78 is 32.3. The van der Waals surface area contributed by atoms with Crippen LogP contribution in [0.25, 0.3) is 0 Å². The van der Waals surface area contributed by atoms with E-state index in [2.05, 4.69) is 10.2 Å². The lowest BCUT2D eigenvalue weighted by Gasteiger charge is -2.16. The first-order valence-corrected chi connectivity index (χ1v) is 9.02. The lowest BCUT2D eigenvalue weighted by atomic mass is 10.3. The standard InChI is InChI=1S/C15H16N4O5S/c1-11-5-6-15(17-16-11)24-13-7-8-18(10-13)25(22,23)14-4-2-3-12(9-14)19(20)21/h2-6,9,13H,7-8,10H2,1H3. The van der Waals surface area contributed by atoms with E-state index >= 15 is 0 Å². The van der Waals surface area contributed by atoms with Crippen molar-refractivity contribution >= 4 is 15.7 Å². The Morgan fingerprint density at radius 3 is 2.76 bits per heavy atom. The van der Waals surface area contributed by atoms with Gasteiger partial charge in [-0.3, -0.25) is 10.1 Å². The number of sulfonamides is 1. The van der Waals surface area contributed by atoms with Gasteiger partial charge in [0.25, 0.3) is 5.69 Å². The van der Waals surface area contributed by atoms with E-state index in [0.717, 1.165) is 11.8 Å². The molecule has 0 aliphatic carbocycles. The number of aryl methyl sites for hydroxylation is 1. The van der Waals surface area contributed by atoms with Gasteiger partial charge in [-0.15, -0.1) is 5.10 Å². The molecule has 0 saturated carbocycles. The molecular formula is C15H16N4O5S. The first kappa shape index (κ1) is 17.2. The third-order valence-electron chi connectivity index (χ3n) is 3.83. The van der Waals surface area contributed by atoms with Gasteiger partial charge in [-0.1, -0.05) is 6.07 Å². The molecule has 10 heteroatoms. The number of hydrogen-bond acceptors (Lipinski definition) is 7. The van der Waals surface area contributed by atoms with Gasteiger partial charge in [-0.2, -0.15) is 9.40 Å². The molecule has 1 aliphatic rings. The second-order valence-corrected chi connectivity index (χ2v) is 7.60. The summed E-state index contributed by atoms with van der Waals surface area (Å²) in [5, 5.41) is 18.6. The van der Waals surface area contributed by atoms with Crippen LogP contribution in [0.5, 0.6) is 5.88 Å². The Kier molecular flexibility index (Phi) is 4.64.